The first-order valence-electron chi connectivity index (χ1n) is 8.47. The number of benzene rings is 2. The molecule has 0 aliphatic rings. The molecular formula is C23H17N3. The summed E-state index contributed by atoms with van der Waals surface area (Å²) in [6.07, 6.45) is 3.51. The van der Waals surface area contributed by atoms with Crippen molar-refractivity contribution in [1.29, 1.82) is 5.26 Å². The first-order valence-corrected chi connectivity index (χ1v) is 8.47. The SMILES string of the molecule is Cc1ccc(-c2[nH]c(-c3ccccc3)c(C#N)c2-c2ccncc2)cc1. The van der Waals surface area contributed by atoms with Crippen LogP contribution in [0.3, 0.4) is 0 Å². The van der Waals surface area contributed by atoms with E-state index in [0.29, 0.717) is 5.56 Å². The van der Waals surface area contributed by atoms with E-state index in [9.17, 15) is 5.26 Å². The average Bonchev–Trinajstić information content (AvgIpc) is 3.09. The molecule has 2 aromatic carbocycles. The minimum absolute atomic E-state index is 0.651. The van der Waals surface area contributed by atoms with Crippen molar-refractivity contribution in [1.82, 2.24) is 9.97 Å². The number of aryl methyl sites for hydroxylation is 1. The number of aromatic amines is 1. The van der Waals surface area contributed by atoms with E-state index in [-0.39, 0.29) is 0 Å². The number of hydrogen-bond donors (Lipinski definition) is 1. The minimum atomic E-state index is 0.651. The highest BCUT2D eigenvalue weighted by atomic mass is 14.7. The Morgan fingerprint density at radius 3 is 2.08 bits per heavy atom. The predicted molar refractivity (Wildman–Crippen MR) is 104 cm³/mol. The zero-order valence-corrected chi connectivity index (χ0v) is 14.4. The summed E-state index contributed by atoms with van der Waals surface area (Å²) in [4.78, 5) is 7.62. The van der Waals surface area contributed by atoms with Gasteiger partial charge in [0.15, 0.2) is 0 Å². The maximum atomic E-state index is 9.94. The highest BCUT2D eigenvalue weighted by Crippen LogP contribution is 2.39. The maximum Gasteiger partial charge on any atom is 0.102 e. The van der Waals surface area contributed by atoms with Gasteiger partial charge in [-0.25, -0.2) is 0 Å². The Balaban J connectivity index is 2.03. The van der Waals surface area contributed by atoms with Gasteiger partial charge < -0.3 is 4.98 Å². The Hall–Kier alpha value is -3.64. The Morgan fingerprint density at radius 1 is 0.769 bits per heavy atom. The van der Waals surface area contributed by atoms with Crippen molar-refractivity contribution in [2.75, 3.05) is 0 Å². The van der Waals surface area contributed by atoms with Crippen molar-refractivity contribution in [3.05, 3.63) is 90.3 Å². The van der Waals surface area contributed by atoms with Gasteiger partial charge in [0.2, 0.25) is 0 Å². The van der Waals surface area contributed by atoms with Gasteiger partial charge in [-0.3, -0.25) is 4.98 Å². The summed E-state index contributed by atoms with van der Waals surface area (Å²) in [6.45, 7) is 2.07. The topological polar surface area (TPSA) is 52.5 Å². The fourth-order valence-corrected chi connectivity index (χ4v) is 3.18. The number of hydrogen-bond acceptors (Lipinski definition) is 2. The summed E-state index contributed by atoms with van der Waals surface area (Å²) in [5.41, 5.74) is 7.59. The third kappa shape index (κ3) is 2.78. The lowest BCUT2D eigenvalue weighted by molar-refractivity contribution is 1.33. The van der Waals surface area contributed by atoms with Crippen LogP contribution in [0.5, 0.6) is 0 Å². The number of H-pyrrole nitrogens is 1. The average molecular weight is 335 g/mol. The van der Waals surface area contributed by atoms with Crippen LogP contribution in [-0.2, 0) is 0 Å². The maximum absolute atomic E-state index is 9.94. The lowest BCUT2D eigenvalue weighted by Crippen LogP contribution is -1.85. The standard InChI is InChI=1S/C23H17N3/c1-16-7-9-19(10-8-16)23-21(17-11-13-25-14-12-17)20(15-24)22(26-23)18-5-3-2-4-6-18/h2-14,26H,1H3. The van der Waals surface area contributed by atoms with Crippen LogP contribution in [0.2, 0.25) is 0 Å². The zero-order chi connectivity index (χ0) is 17.9. The predicted octanol–water partition coefficient (Wildman–Crippen LogP) is 5.59. The Bertz CT molecular complexity index is 1070. The zero-order valence-electron chi connectivity index (χ0n) is 14.4. The summed E-state index contributed by atoms with van der Waals surface area (Å²) >= 11 is 0. The van der Waals surface area contributed by atoms with Gasteiger partial charge >= 0.3 is 0 Å². The van der Waals surface area contributed by atoms with Crippen molar-refractivity contribution in [2.45, 2.75) is 6.92 Å². The van der Waals surface area contributed by atoms with E-state index < -0.39 is 0 Å². The monoisotopic (exact) mass is 335 g/mol. The molecule has 0 aliphatic carbocycles. The largest absolute Gasteiger partial charge is 0.353 e. The molecular weight excluding hydrogens is 318 g/mol. The Morgan fingerprint density at radius 2 is 1.42 bits per heavy atom. The number of aromatic nitrogens is 2. The van der Waals surface area contributed by atoms with Gasteiger partial charge in [-0.15, -0.1) is 0 Å². The van der Waals surface area contributed by atoms with Gasteiger partial charge in [0.1, 0.15) is 6.07 Å². The molecule has 0 bridgehead atoms. The molecule has 4 aromatic rings. The molecule has 0 saturated heterocycles. The van der Waals surface area contributed by atoms with Crippen LogP contribution in [0.1, 0.15) is 11.1 Å². The smallest absolute Gasteiger partial charge is 0.102 e. The van der Waals surface area contributed by atoms with Gasteiger partial charge in [0.25, 0.3) is 0 Å². The summed E-state index contributed by atoms with van der Waals surface area (Å²) in [5, 5.41) is 9.94. The van der Waals surface area contributed by atoms with E-state index >= 15 is 0 Å². The third-order valence-corrected chi connectivity index (χ3v) is 4.48. The molecule has 124 valence electrons. The van der Waals surface area contributed by atoms with Crippen LogP contribution in [0, 0.1) is 18.3 Å². The number of nitriles is 1. The lowest BCUT2D eigenvalue weighted by atomic mass is 9.96. The van der Waals surface area contributed by atoms with Crippen molar-refractivity contribution in [3.8, 4) is 39.7 Å². The molecule has 2 aromatic heterocycles. The Kier molecular flexibility index (Phi) is 4.09. The molecule has 0 fully saturated rings. The Labute approximate surface area is 152 Å². The summed E-state index contributed by atoms with van der Waals surface area (Å²) in [7, 11) is 0. The van der Waals surface area contributed by atoms with Gasteiger partial charge in [-0.1, -0.05) is 60.2 Å². The van der Waals surface area contributed by atoms with Gasteiger partial charge in [0.05, 0.1) is 17.0 Å². The van der Waals surface area contributed by atoms with E-state index in [1.54, 1.807) is 12.4 Å². The van der Waals surface area contributed by atoms with Crippen LogP contribution >= 0.6 is 0 Å². The third-order valence-electron chi connectivity index (χ3n) is 4.48. The summed E-state index contributed by atoms with van der Waals surface area (Å²) < 4.78 is 0. The summed E-state index contributed by atoms with van der Waals surface area (Å²) in [5.74, 6) is 0. The fraction of sp³-hybridized carbons (Fsp3) is 0.0435. The first kappa shape index (κ1) is 15.9. The highest BCUT2D eigenvalue weighted by molar-refractivity contribution is 5.91. The molecule has 26 heavy (non-hydrogen) atoms. The molecule has 0 radical (unpaired) electrons. The molecule has 4 rings (SSSR count). The molecule has 0 saturated carbocycles. The summed E-state index contributed by atoms with van der Waals surface area (Å²) in [6, 6.07) is 24.6. The van der Waals surface area contributed by atoms with Crippen LogP contribution in [0.15, 0.2) is 79.1 Å². The molecule has 0 amide bonds. The molecule has 1 N–H and O–H groups in total. The van der Waals surface area contributed by atoms with Crippen LogP contribution in [0.25, 0.3) is 33.6 Å². The molecule has 3 nitrogen and oxygen atoms in total. The second kappa shape index (κ2) is 6.70. The number of nitrogens with zero attached hydrogens (tertiary/aromatic N) is 2. The van der Waals surface area contributed by atoms with Gasteiger partial charge in [-0.2, -0.15) is 5.26 Å². The minimum Gasteiger partial charge on any atom is -0.353 e. The van der Waals surface area contributed by atoms with Crippen LogP contribution in [0.4, 0.5) is 0 Å². The van der Waals surface area contributed by atoms with E-state index in [1.807, 2.05) is 42.5 Å². The molecule has 0 atom stereocenters. The normalized spacial score (nSPS) is 10.5. The van der Waals surface area contributed by atoms with E-state index in [1.165, 1.54) is 5.56 Å². The molecule has 3 heteroatoms. The number of nitrogens with one attached hydrogen (secondary N) is 1. The van der Waals surface area contributed by atoms with Crippen LogP contribution < -0.4 is 0 Å². The van der Waals surface area contributed by atoms with Gasteiger partial charge in [-0.05, 0) is 35.7 Å². The van der Waals surface area contributed by atoms with Crippen molar-refractivity contribution < 1.29 is 0 Å². The molecule has 0 aliphatic heterocycles. The van der Waals surface area contributed by atoms with E-state index in [0.717, 1.165) is 33.6 Å². The number of rotatable bonds is 3. The lowest BCUT2D eigenvalue weighted by Gasteiger charge is -2.05. The molecule has 2 heterocycles. The second-order valence-corrected chi connectivity index (χ2v) is 6.20. The fourth-order valence-electron chi connectivity index (χ4n) is 3.18. The quantitative estimate of drug-likeness (QED) is 0.530. The van der Waals surface area contributed by atoms with Gasteiger partial charge in [0, 0.05) is 18.0 Å². The number of pyridine rings is 1. The van der Waals surface area contributed by atoms with Crippen molar-refractivity contribution in [2.24, 2.45) is 0 Å². The molecule has 0 unspecified atom stereocenters. The van der Waals surface area contributed by atoms with E-state index in [4.69, 9.17) is 0 Å². The van der Waals surface area contributed by atoms with E-state index in [2.05, 4.69) is 47.2 Å². The highest BCUT2D eigenvalue weighted by Gasteiger charge is 2.20. The molecule has 0 spiro atoms. The van der Waals surface area contributed by atoms with Crippen molar-refractivity contribution in [3.63, 3.8) is 0 Å². The van der Waals surface area contributed by atoms with Crippen LogP contribution in [-0.4, -0.2) is 9.97 Å². The van der Waals surface area contributed by atoms with Crippen molar-refractivity contribution >= 4 is 0 Å². The second-order valence-electron chi connectivity index (χ2n) is 6.20. The first-order chi connectivity index (χ1) is 12.8.